The van der Waals surface area contributed by atoms with Crippen LogP contribution in [0.1, 0.15) is 84.1 Å². The predicted molar refractivity (Wildman–Crippen MR) is 123 cm³/mol. The van der Waals surface area contributed by atoms with Crippen molar-refractivity contribution < 1.29 is 23.8 Å². The topological polar surface area (TPSA) is 61.8 Å². The van der Waals surface area contributed by atoms with Gasteiger partial charge in [-0.2, -0.15) is 0 Å². The number of carbonyl (C=O) groups excluding carboxylic acids is 2. The monoisotopic (exact) mass is 430 g/mol. The van der Waals surface area contributed by atoms with Crippen molar-refractivity contribution in [3.05, 3.63) is 35.9 Å². The molecule has 1 aliphatic rings. The molecule has 172 valence electrons. The second-order valence-corrected chi connectivity index (χ2v) is 8.39. The van der Waals surface area contributed by atoms with Crippen LogP contribution in [0.15, 0.2) is 30.3 Å². The Labute approximate surface area is 187 Å². The van der Waals surface area contributed by atoms with Crippen molar-refractivity contribution in [1.29, 1.82) is 0 Å². The van der Waals surface area contributed by atoms with Gasteiger partial charge in [-0.3, -0.25) is 4.79 Å². The van der Waals surface area contributed by atoms with Gasteiger partial charge in [-0.1, -0.05) is 52.2 Å². The van der Waals surface area contributed by atoms with Crippen LogP contribution in [-0.4, -0.2) is 30.8 Å². The molecule has 0 aliphatic heterocycles. The van der Waals surface area contributed by atoms with E-state index in [1.807, 2.05) is 38.1 Å². The molecule has 5 nitrogen and oxygen atoms in total. The van der Waals surface area contributed by atoms with E-state index in [4.69, 9.17) is 14.2 Å². The maximum Gasteiger partial charge on any atom is 0.331 e. The fourth-order valence-corrected chi connectivity index (χ4v) is 3.48. The van der Waals surface area contributed by atoms with Crippen molar-refractivity contribution in [3.8, 4) is 5.75 Å². The Balaban J connectivity index is 1.67. The van der Waals surface area contributed by atoms with E-state index in [1.54, 1.807) is 6.08 Å². The molecule has 5 heteroatoms. The minimum Gasteiger partial charge on any atom is -0.494 e. The van der Waals surface area contributed by atoms with Crippen LogP contribution in [0.2, 0.25) is 0 Å². The second-order valence-electron chi connectivity index (χ2n) is 8.39. The Morgan fingerprint density at radius 1 is 0.968 bits per heavy atom. The standard InChI is InChI=1S/C26H38O5/c1-4-6-7-8-19-29-22-12-9-21(10-13-22)11-18-25(27)30-23-14-16-24(17-15-23)31-26(28)20(3)5-2/h9-13,18,20,23-24H,4-8,14-17,19H2,1-3H3/b18-11+. The molecular weight excluding hydrogens is 392 g/mol. The highest BCUT2D eigenvalue weighted by atomic mass is 16.6. The summed E-state index contributed by atoms with van der Waals surface area (Å²) in [6, 6.07) is 7.71. The molecule has 1 aliphatic carbocycles. The number of benzene rings is 1. The average Bonchev–Trinajstić information content (AvgIpc) is 2.79. The summed E-state index contributed by atoms with van der Waals surface area (Å²) in [4.78, 5) is 24.1. The van der Waals surface area contributed by atoms with Gasteiger partial charge in [0.05, 0.1) is 12.5 Å². The summed E-state index contributed by atoms with van der Waals surface area (Å²) in [7, 11) is 0. The van der Waals surface area contributed by atoms with Crippen molar-refractivity contribution in [2.75, 3.05) is 6.61 Å². The molecule has 1 fully saturated rings. The van der Waals surface area contributed by atoms with Crippen molar-refractivity contribution in [2.24, 2.45) is 5.92 Å². The zero-order valence-electron chi connectivity index (χ0n) is 19.3. The Kier molecular flexibility index (Phi) is 11.2. The molecule has 1 aromatic carbocycles. The summed E-state index contributed by atoms with van der Waals surface area (Å²) < 4.78 is 16.8. The van der Waals surface area contributed by atoms with Gasteiger partial charge < -0.3 is 14.2 Å². The molecule has 0 N–H and O–H groups in total. The Morgan fingerprint density at radius 3 is 2.23 bits per heavy atom. The van der Waals surface area contributed by atoms with E-state index in [2.05, 4.69) is 6.92 Å². The van der Waals surface area contributed by atoms with E-state index in [0.29, 0.717) is 0 Å². The van der Waals surface area contributed by atoms with Crippen LogP contribution in [0.25, 0.3) is 6.08 Å². The molecule has 31 heavy (non-hydrogen) atoms. The zero-order valence-corrected chi connectivity index (χ0v) is 19.3. The van der Waals surface area contributed by atoms with Crippen LogP contribution in [0.4, 0.5) is 0 Å². The molecule has 0 aromatic heterocycles. The van der Waals surface area contributed by atoms with E-state index in [-0.39, 0.29) is 30.1 Å². The van der Waals surface area contributed by atoms with E-state index in [0.717, 1.165) is 56.4 Å². The lowest BCUT2D eigenvalue weighted by molar-refractivity contribution is -0.159. The lowest BCUT2D eigenvalue weighted by Crippen LogP contribution is -2.30. The number of rotatable bonds is 12. The van der Waals surface area contributed by atoms with E-state index < -0.39 is 0 Å². The summed E-state index contributed by atoms with van der Waals surface area (Å²) in [6.07, 6.45) is 11.5. The maximum atomic E-state index is 12.1. The van der Waals surface area contributed by atoms with Crippen LogP contribution in [-0.2, 0) is 19.1 Å². The number of ether oxygens (including phenoxy) is 3. The fraction of sp³-hybridized carbons (Fsp3) is 0.615. The summed E-state index contributed by atoms with van der Waals surface area (Å²) in [6.45, 7) is 6.80. The van der Waals surface area contributed by atoms with Crippen LogP contribution in [0, 0.1) is 5.92 Å². The van der Waals surface area contributed by atoms with Crippen molar-refractivity contribution in [1.82, 2.24) is 0 Å². The second kappa shape index (κ2) is 13.9. The molecule has 0 saturated heterocycles. The normalized spacial score (nSPS) is 19.7. The third-order valence-electron chi connectivity index (χ3n) is 5.76. The molecule has 0 spiro atoms. The van der Waals surface area contributed by atoms with Crippen molar-refractivity contribution >= 4 is 18.0 Å². The molecule has 0 radical (unpaired) electrons. The predicted octanol–water partition coefficient (Wildman–Crippen LogP) is 6.10. The zero-order chi connectivity index (χ0) is 22.5. The minimum atomic E-state index is -0.337. The van der Waals surface area contributed by atoms with Gasteiger partial charge in [0.2, 0.25) is 0 Å². The summed E-state index contributed by atoms with van der Waals surface area (Å²) in [5, 5.41) is 0. The van der Waals surface area contributed by atoms with Gasteiger partial charge in [0.1, 0.15) is 18.0 Å². The first-order chi connectivity index (χ1) is 15.0. The molecule has 0 amide bonds. The van der Waals surface area contributed by atoms with Gasteiger partial charge in [0.25, 0.3) is 0 Å². The number of hydrogen-bond acceptors (Lipinski definition) is 5. The molecule has 1 aromatic rings. The van der Waals surface area contributed by atoms with Gasteiger partial charge in [-0.05, 0) is 62.3 Å². The molecule has 1 saturated carbocycles. The quantitative estimate of drug-likeness (QED) is 0.228. The third kappa shape index (κ3) is 9.58. The Bertz CT molecular complexity index is 686. The van der Waals surface area contributed by atoms with Crippen LogP contribution in [0.3, 0.4) is 0 Å². The lowest BCUT2D eigenvalue weighted by atomic mass is 9.94. The van der Waals surface area contributed by atoms with Gasteiger partial charge in [-0.25, -0.2) is 4.79 Å². The van der Waals surface area contributed by atoms with Crippen molar-refractivity contribution in [3.63, 3.8) is 0 Å². The Hall–Kier alpha value is -2.30. The maximum absolute atomic E-state index is 12.1. The first-order valence-corrected chi connectivity index (χ1v) is 11.8. The van der Waals surface area contributed by atoms with E-state index in [9.17, 15) is 9.59 Å². The largest absolute Gasteiger partial charge is 0.494 e. The molecule has 2 rings (SSSR count). The first kappa shape index (κ1) is 25.0. The van der Waals surface area contributed by atoms with Crippen LogP contribution >= 0.6 is 0 Å². The van der Waals surface area contributed by atoms with Gasteiger partial charge in [-0.15, -0.1) is 0 Å². The Morgan fingerprint density at radius 2 is 1.61 bits per heavy atom. The van der Waals surface area contributed by atoms with Gasteiger partial charge in [0, 0.05) is 6.08 Å². The van der Waals surface area contributed by atoms with Gasteiger partial charge >= 0.3 is 11.9 Å². The number of esters is 2. The highest BCUT2D eigenvalue weighted by Crippen LogP contribution is 2.25. The summed E-state index contributed by atoms with van der Waals surface area (Å²) >= 11 is 0. The number of hydrogen-bond donors (Lipinski definition) is 0. The molecule has 1 atom stereocenters. The summed E-state index contributed by atoms with van der Waals surface area (Å²) in [5.41, 5.74) is 0.927. The smallest absolute Gasteiger partial charge is 0.331 e. The molecule has 1 unspecified atom stereocenters. The minimum absolute atomic E-state index is 0.0561. The molecular formula is C26H38O5. The van der Waals surface area contributed by atoms with Crippen LogP contribution < -0.4 is 4.74 Å². The highest BCUT2D eigenvalue weighted by Gasteiger charge is 2.26. The highest BCUT2D eigenvalue weighted by molar-refractivity contribution is 5.87. The first-order valence-electron chi connectivity index (χ1n) is 11.8. The fourth-order valence-electron chi connectivity index (χ4n) is 3.48. The lowest BCUT2D eigenvalue weighted by Gasteiger charge is -2.28. The number of carbonyl (C=O) groups is 2. The third-order valence-corrected chi connectivity index (χ3v) is 5.76. The van der Waals surface area contributed by atoms with Crippen LogP contribution in [0.5, 0.6) is 5.75 Å². The summed E-state index contributed by atoms with van der Waals surface area (Å²) in [5.74, 6) is 0.323. The molecule has 0 heterocycles. The molecule has 0 bridgehead atoms. The van der Waals surface area contributed by atoms with Crippen molar-refractivity contribution in [2.45, 2.75) is 90.8 Å². The van der Waals surface area contributed by atoms with E-state index >= 15 is 0 Å². The average molecular weight is 431 g/mol. The van der Waals surface area contributed by atoms with E-state index in [1.165, 1.54) is 25.3 Å². The number of unbranched alkanes of at least 4 members (excludes halogenated alkanes) is 3. The van der Waals surface area contributed by atoms with Gasteiger partial charge in [0.15, 0.2) is 0 Å². The SMILES string of the molecule is CCCCCCOc1ccc(/C=C/C(=O)OC2CCC(OC(=O)C(C)CC)CC2)cc1.